The van der Waals surface area contributed by atoms with E-state index >= 15 is 0 Å². The molecule has 0 unspecified atom stereocenters. The van der Waals surface area contributed by atoms with Crippen molar-refractivity contribution in [1.29, 1.82) is 0 Å². The highest BCUT2D eigenvalue weighted by Crippen LogP contribution is 2.30. The number of aryl methyl sites for hydroxylation is 2. The number of rotatable bonds is 5. The molecule has 4 aromatic rings. The van der Waals surface area contributed by atoms with E-state index in [2.05, 4.69) is 16.0 Å². The van der Waals surface area contributed by atoms with E-state index in [-0.39, 0.29) is 17.6 Å². The molecule has 0 saturated carbocycles. The number of benzene rings is 2. The van der Waals surface area contributed by atoms with Crippen LogP contribution >= 0.6 is 0 Å². The van der Waals surface area contributed by atoms with Gasteiger partial charge in [0.2, 0.25) is 5.91 Å². The zero-order valence-corrected chi connectivity index (χ0v) is 18.7. The largest absolute Gasteiger partial charge is 0.342 e. The van der Waals surface area contributed by atoms with Crippen LogP contribution in [0.5, 0.6) is 0 Å². The molecule has 1 N–H and O–H groups in total. The molecule has 6 heteroatoms. The molecule has 2 aromatic heterocycles. The number of nitrogens with zero attached hydrogens (tertiary/aromatic N) is 3. The van der Waals surface area contributed by atoms with E-state index in [1.54, 1.807) is 12.1 Å². The lowest BCUT2D eigenvalue weighted by Gasteiger charge is -2.33. The van der Waals surface area contributed by atoms with Gasteiger partial charge in [0, 0.05) is 43.2 Å². The summed E-state index contributed by atoms with van der Waals surface area (Å²) in [6.07, 6.45) is 3.01. The van der Waals surface area contributed by atoms with Gasteiger partial charge in [0.05, 0.1) is 11.0 Å². The number of likely N-dealkylation sites (tertiary alicyclic amines) is 1. The fraction of sp³-hybridized carbons (Fsp3) is 0.296. The maximum absolute atomic E-state index is 13.3. The van der Waals surface area contributed by atoms with Crippen LogP contribution < -0.4 is 0 Å². The first kappa shape index (κ1) is 21.3. The van der Waals surface area contributed by atoms with Crippen molar-refractivity contribution in [2.45, 2.75) is 38.5 Å². The van der Waals surface area contributed by atoms with Gasteiger partial charge in [-0.25, -0.2) is 9.37 Å². The number of aromatic amines is 1. The lowest BCUT2D eigenvalue weighted by atomic mass is 9.92. The van der Waals surface area contributed by atoms with Crippen molar-refractivity contribution in [3.8, 4) is 11.1 Å². The number of aromatic nitrogens is 3. The fourth-order valence-electron chi connectivity index (χ4n) is 4.66. The number of carbonyl (C=O) groups is 1. The minimum Gasteiger partial charge on any atom is -0.342 e. The number of amides is 1. The summed E-state index contributed by atoms with van der Waals surface area (Å²) in [5.41, 5.74) is 5.87. The van der Waals surface area contributed by atoms with Crippen LogP contribution in [-0.2, 0) is 11.2 Å². The number of halogens is 1. The number of nitrogens with one attached hydrogen (secondary N) is 1. The topological polar surface area (TPSA) is 61.9 Å². The predicted molar refractivity (Wildman–Crippen MR) is 127 cm³/mol. The van der Waals surface area contributed by atoms with Gasteiger partial charge in [-0.05, 0) is 67.3 Å². The summed E-state index contributed by atoms with van der Waals surface area (Å²) in [6.45, 7) is 3.44. The highest BCUT2D eigenvalue weighted by Gasteiger charge is 2.26. The SMILES string of the molecule is Cc1cc(-c2ccc(F)cc2)cc([C@H]2CCCN(C(=O)CCc3nc4ccccc4[nH]3)C2)n1. The van der Waals surface area contributed by atoms with Gasteiger partial charge in [-0.2, -0.15) is 0 Å². The van der Waals surface area contributed by atoms with E-state index in [4.69, 9.17) is 4.98 Å². The molecule has 1 fully saturated rings. The van der Waals surface area contributed by atoms with Crippen LogP contribution in [0.15, 0.2) is 60.7 Å². The van der Waals surface area contributed by atoms with Crippen molar-refractivity contribution in [1.82, 2.24) is 19.9 Å². The average Bonchev–Trinajstić information content (AvgIpc) is 3.26. The zero-order chi connectivity index (χ0) is 22.8. The van der Waals surface area contributed by atoms with Crippen LogP contribution in [0.25, 0.3) is 22.2 Å². The van der Waals surface area contributed by atoms with Gasteiger partial charge < -0.3 is 9.88 Å². The molecule has 0 aliphatic carbocycles. The summed E-state index contributed by atoms with van der Waals surface area (Å²) in [4.78, 5) is 27.6. The van der Waals surface area contributed by atoms with Gasteiger partial charge in [0.25, 0.3) is 0 Å². The molecule has 0 spiro atoms. The third kappa shape index (κ3) is 4.80. The van der Waals surface area contributed by atoms with Crippen LogP contribution in [-0.4, -0.2) is 38.8 Å². The van der Waals surface area contributed by atoms with E-state index in [1.165, 1.54) is 12.1 Å². The Morgan fingerprint density at radius 3 is 2.73 bits per heavy atom. The number of fused-ring (bicyclic) bond motifs is 1. The third-order valence-corrected chi connectivity index (χ3v) is 6.36. The van der Waals surface area contributed by atoms with Gasteiger partial charge in [0.1, 0.15) is 11.6 Å². The molecular weight excluding hydrogens is 415 g/mol. The summed E-state index contributed by atoms with van der Waals surface area (Å²) in [5.74, 6) is 0.968. The van der Waals surface area contributed by atoms with Crippen molar-refractivity contribution in [3.63, 3.8) is 0 Å². The van der Waals surface area contributed by atoms with Crippen molar-refractivity contribution >= 4 is 16.9 Å². The Labute approximate surface area is 192 Å². The Balaban J connectivity index is 1.27. The summed E-state index contributed by atoms with van der Waals surface area (Å²) in [6, 6.07) is 18.6. The molecular formula is C27H27FN4O. The number of hydrogen-bond acceptors (Lipinski definition) is 3. The van der Waals surface area contributed by atoms with E-state index in [9.17, 15) is 9.18 Å². The molecule has 33 heavy (non-hydrogen) atoms. The predicted octanol–water partition coefficient (Wildman–Crippen LogP) is 5.41. The summed E-state index contributed by atoms with van der Waals surface area (Å²) in [5, 5.41) is 0. The molecule has 3 heterocycles. The number of piperidine rings is 1. The number of carbonyl (C=O) groups excluding carboxylic acids is 1. The van der Waals surface area contributed by atoms with E-state index in [1.807, 2.05) is 42.2 Å². The van der Waals surface area contributed by atoms with Crippen molar-refractivity contribution < 1.29 is 9.18 Å². The second kappa shape index (κ2) is 9.14. The van der Waals surface area contributed by atoms with Gasteiger partial charge in [-0.15, -0.1) is 0 Å². The van der Waals surface area contributed by atoms with Gasteiger partial charge in [-0.3, -0.25) is 9.78 Å². The average molecular weight is 443 g/mol. The van der Waals surface area contributed by atoms with Gasteiger partial charge in [0.15, 0.2) is 0 Å². The first-order chi connectivity index (χ1) is 16.0. The Morgan fingerprint density at radius 2 is 1.91 bits per heavy atom. The maximum Gasteiger partial charge on any atom is 0.223 e. The Kier molecular flexibility index (Phi) is 5.90. The second-order valence-corrected chi connectivity index (χ2v) is 8.81. The number of H-pyrrole nitrogens is 1. The van der Waals surface area contributed by atoms with Crippen LogP contribution in [0.2, 0.25) is 0 Å². The van der Waals surface area contributed by atoms with Crippen molar-refractivity contribution in [2.24, 2.45) is 0 Å². The highest BCUT2D eigenvalue weighted by molar-refractivity contribution is 5.77. The van der Waals surface area contributed by atoms with Crippen LogP contribution in [0.4, 0.5) is 4.39 Å². The number of hydrogen-bond donors (Lipinski definition) is 1. The molecule has 168 valence electrons. The third-order valence-electron chi connectivity index (χ3n) is 6.36. The fourth-order valence-corrected chi connectivity index (χ4v) is 4.66. The minimum absolute atomic E-state index is 0.159. The van der Waals surface area contributed by atoms with E-state index in [0.29, 0.717) is 19.4 Å². The monoisotopic (exact) mass is 442 g/mol. The summed E-state index contributed by atoms with van der Waals surface area (Å²) < 4.78 is 13.3. The van der Waals surface area contributed by atoms with Crippen LogP contribution in [0.3, 0.4) is 0 Å². The molecule has 0 bridgehead atoms. The standard InChI is InChI=1S/C27H27FN4O/c1-18-15-21(19-8-10-22(28)11-9-19)16-25(29-18)20-5-4-14-32(17-20)27(33)13-12-26-30-23-6-2-3-7-24(23)31-26/h2-3,6-11,15-16,20H,4-5,12-14,17H2,1H3,(H,30,31)/t20-/m0/s1. The normalized spacial score (nSPS) is 16.3. The molecule has 2 aromatic carbocycles. The summed E-state index contributed by atoms with van der Waals surface area (Å²) in [7, 11) is 0. The molecule has 1 atom stereocenters. The second-order valence-electron chi connectivity index (χ2n) is 8.81. The molecule has 1 aliphatic rings. The van der Waals surface area contributed by atoms with Crippen LogP contribution in [0, 0.1) is 12.7 Å². The van der Waals surface area contributed by atoms with E-state index < -0.39 is 0 Å². The Hall–Kier alpha value is -3.54. The maximum atomic E-state index is 13.3. The molecule has 0 radical (unpaired) electrons. The quantitative estimate of drug-likeness (QED) is 0.449. The molecule has 5 rings (SSSR count). The van der Waals surface area contributed by atoms with Crippen molar-refractivity contribution in [2.75, 3.05) is 13.1 Å². The zero-order valence-electron chi connectivity index (χ0n) is 18.7. The molecule has 1 aliphatic heterocycles. The number of pyridine rings is 1. The smallest absolute Gasteiger partial charge is 0.223 e. The highest BCUT2D eigenvalue weighted by atomic mass is 19.1. The molecule has 1 saturated heterocycles. The number of imidazole rings is 1. The van der Waals surface area contributed by atoms with Gasteiger partial charge >= 0.3 is 0 Å². The van der Waals surface area contributed by atoms with Crippen LogP contribution in [0.1, 0.15) is 42.4 Å². The Morgan fingerprint density at radius 1 is 1.09 bits per heavy atom. The van der Waals surface area contributed by atoms with Crippen molar-refractivity contribution in [3.05, 3.63) is 83.7 Å². The first-order valence-electron chi connectivity index (χ1n) is 11.5. The molecule has 5 nitrogen and oxygen atoms in total. The summed E-state index contributed by atoms with van der Waals surface area (Å²) >= 11 is 0. The lowest BCUT2D eigenvalue weighted by molar-refractivity contribution is -0.132. The Bertz CT molecular complexity index is 1250. The molecule has 1 amide bonds. The van der Waals surface area contributed by atoms with Gasteiger partial charge in [-0.1, -0.05) is 24.3 Å². The first-order valence-corrected chi connectivity index (χ1v) is 11.5. The van der Waals surface area contributed by atoms with E-state index in [0.717, 1.165) is 58.8 Å². The minimum atomic E-state index is -0.242. The number of para-hydroxylation sites is 2. The lowest BCUT2D eigenvalue weighted by Crippen LogP contribution is -2.39.